The molecule has 332 valence electrons. The number of urea groups is 1. The Morgan fingerprint density at radius 2 is 1.18 bits per heavy atom. The first-order valence-corrected chi connectivity index (χ1v) is 24.4. The van der Waals surface area contributed by atoms with E-state index in [2.05, 4.69) is 31.9 Å². The van der Waals surface area contributed by atoms with Crippen LogP contribution in [-0.2, 0) is 36.8 Å². The normalized spacial score (nSPS) is 22.7. The Balaban J connectivity index is 0.907. The zero-order valence-corrected chi connectivity index (χ0v) is 36.8. The van der Waals surface area contributed by atoms with Gasteiger partial charge in [0, 0.05) is 99.0 Å². The first kappa shape index (κ1) is 47.4. The second kappa shape index (κ2) is 25.3. The van der Waals surface area contributed by atoms with Gasteiger partial charge in [-0.1, -0.05) is 31.7 Å². The summed E-state index contributed by atoms with van der Waals surface area (Å²) in [6.45, 7) is 1.78. The fourth-order valence-electron chi connectivity index (χ4n) is 8.70. The Hall–Kier alpha value is -3.63. The number of Topliss-reactive ketones (excluding diaryl/α,β-unsaturated/α-hetero) is 2. The van der Waals surface area contributed by atoms with Gasteiger partial charge in [-0.3, -0.25) is 28.8 Å². The predicted octanol–water partition coefficient (Wildman–Crippen LogP) is 3.86. The fourth-order valence-corrected chi connectivity index (χ4v) is 11.9. The lowest BCUT2D eigenvalue weighted by Gasteiger charge is -2.17. The van der Waals surface area contributed by atoms with Crippen LogP contribution >= 0.6 is 23.5 Å². The average Bonchev–Trinajstić information content (AvgIpc) is 3.98. The predicted molar refractivity (Wildman–Crippen MR) is 237 cm³/mol. The molecule has 0 saturated carbocycles. The summed E-state index contributed by atoms with van der Waals surface area (Å²) in [5.74, 6) is 2.55. The molecule has 4 fully saturated rings. The maximum absolute atomic E-state index is 13.0. The van der Waals surface area contributed by atoms with E-state index in [9.17, 15) is 33.6 Å². The molecule has 0 radical (unpaired) electrons. The zero-order valence-electron chi connectivity index (χ0n) is 35.1. The molecular weight excluding hydrogens is 803 g/mol. The van der Waals surface area contributed by atoms with Crippen molar-refractivity contribution in [3.05, 3.63) is 34.9 Å². The molecule has 4 aliphatic heterocycles. The quantitative estimate of drug-likeness (QED) is 0.0456. The number of hydrogen-bond acceptors (Lipinski definition) is 10. The minimum Gasteiger partial charge on any atom is -0.356 e. The van der Waals surface area contributed by atoms with E-state index in [0.29, 0.717) is 110 Å². The van der Waals surface area contributed by atoms with E-state index in [1.54, 1.807) is 12.1 Å². The molecule has 6 amide bonds. The van der Waals surface area contributed by atoms with Gasteiger partial charge in [-0.15, -0.1) is 0 Å². The van der Waals surface area contributed by atoms with Crippen LogP contribution in [0.15, 0.2) is 18.2 Å². The van der Waals surface area contributed by atoms with Gasteiger partial charge in [0.2, 0.25) is 17.7 Å². The number of carbonyl (C=O) groups excluding carboxylic acids is 7. The van der Waals surface area contributed by atoms with Gasteiger partial charge < -0.3 is 37.6 Å². The summed E-state index contributed by atoms with van der Waals surface area (Å²) in [7, 11) is 0. The molecule has 16 heteroatoms. The lowest BCUT2D eigenvalue weighted by Crippen LogP contribution is -2.36. The van der Waals surface area contributed by atoms with Crippen molar-refractivity contribution in [2.75, 3.05) is 37.7 Å². The van der Waals surface area contributed by atoms with Crippen molar-refractivity contribution in [2.24, 2.45) is 11.7 Å². The minimum atomic E-state index is -0.292. The smallest absolute Gasteiger partial charge is 0.315 e. The lowest BCUT2D eigenvalue weighted by molar-refractivity contribution is -0.122. The van der Waals surface area contributed by atoms with Crippen molar-refractivity contribution in [2.45, 2.75) is 151 Å². The molecule has 1 aromatic carbocycles. The van der Waals surface area contributed by atoms with Crippen molar-refractivity contribution in [1.82, 2.24) is 31.9 Å². The molecule has 60 heavy (non-hydrogen) atoms. The molecular formula is C44H67N7O7S2. The SMILES string of the molecule is NCCNC(=O)c1cc(CC(=O)CCCCCNC(=O)CCCCC2SCC3CC(=O)NC32)cc(CC(=O)CCCCCNC(=O)CCCCC2SCC3NC(=O)NC32)c1. The number of thioether (sulfide) groups is 2. The van der Waals surface area contributed by atoms with Gasteiger partial charge >= 0.3 is 6.03 Å². The van der Waals surface area contributed by atoms with Crippen molar-refractivity contribution >= 4 is 64.8 Å². The minimum absolute atomic E-state index is 0.0432. The molecule has 4 saturated heterocycles. The highest BCUT2D eigenvalue weighted by Gasteiger charge is 2.43. The molecule has 4 heterocycles. The lowest BCUT2D eigenvalue weighted by atomic mass is 9.96. The molecule has 0 spiro atoms. The molecule has 0 bridgehead atoms. The van der Waals surface area contributed by atoms with E-state index in [4.69, 9.17) is 5.73 Å². The number of rotatable bonds is 29. The number of carbonyl (C=O) groups is 7. The number of nitrogens with two attached hydrogens (primary N) is 1. The van der Waals surface area contributed by atoms with Crippen LogP contribution in [0.4, 0.5) is 4.79 Å². The average molecular weight is 870 g/mol. The van der Waals surface area contributed by atoms with E-state index in [1.165, 1.54) is 0 Å². The zero-order chi connectivity index (χ0) is 42.7. The number of unbranched alkanes of at least 4 members (excludes halogenated alkanes) is 6. The third-order valence-electron chi connectivity index (χ3n) is 11.9. The van der Waals surface area contributed by atoms with Gasteiger partial charge in [0.1, 0.15) is 11.6 Å². The second-order valence-electron chi connectivity index (χ2n) is 16.9. The molecule has 6 atom stereocenters. The molecule has 5 rings (SSSR count). The maximum atomic E-state index is 13.0. The van der Waals surface area contributed by atoms with E-state index in [-0.39, 0.29) is 66.2 Å². The van der Waals surface area contributed by atoms with Crippen LogP contribution in [0.2, 0.25) is 0 Å². The first-order valence-electron chi connectivity index (χ1n) is 22.4. The number of benzene rings is 1. The van der Waals surface area contributed by atoms with Crippen LogP contribution in [-0.4, -0.2) is 108 Å². The number of fused-ring (bicyclic) bond motifs is 2. The van der Waals surface area contributed by atoms with Gasteiger partial charge in [0.25, 0.3) is 5.91 Å². The van der Waals surface area contributed by atoms with E-state index >= 15 is 0 Å². The third kappa shape index (κ3) is 16.0. The molecule has 4 aliphatic rings. The number of nitrogens with one attached hydrogen (secondary N) is 6. The summed E-state index contributed by atoms with van der Waals surface area (Å²) in [4.78, 5) is 86.7. The molecule has 6 unspecified atom stereocenters. The van der Waals surface area contributed by atoms with Crippen LogP contribution in [0, 0.1) is 5.92 Å². The summed E-state index contributed by atoms with van der Waals surface area (Å²) in [5, 5.41) is 18.7. The van der Waals surface area contributed by atoms with Crippen molar-refractivity contribution in [1.29, 1.82) is 0 Å². The Morgan fingerprint density at radius 1 is 0.617 bits per heavy atom. The van der Waals surface area contributed by atoms with Crippen LogP contribution in [0.3, 0.4) is 0 Å². The summed E-state index contributed by atoms with van der Waals surface area (Å²) in [6.07, 6.45) is 13.0. The van der Waals surface area contributed by atoms with Crippen molar-refractivity contribution in [3.8, 4) is 0 Å². The molecule has 0 aliphatic carbocycles. The van der Waals surface area contributed by atoms with Crippen molar-refractivity contribution < 1.29 is 33.6 Å². The third-order valence-corrected chi connectivity index (χ3v) is 15.0. The molecule has 14 nitrogen and oxygen atoms in total. The topological polar surface area (TPSA) is 218 Å². The standard InChI is InChI=1S/C44H67N7O7S2/c45-17-20-48-43(57)31-22-29(24-33(52)11-3-1-9-18-46-38(54)15-7-5-13-36-41-32(27-59-36)26-40(56)50-41)21-30(23-31)25-34(53)12-4-2-10-19-47-39(55)16-8-6-14-37-42-35(28-60-37)49-44(58)51-42/h21-23,32,35-37,41-42H,1-20,24-28,45H2,(H,46,54)(H,47,55)(H,48,57)(H,50,56)(H2,49,51,58). The molecule has 1 aromatic rings. The highest BCUT2D eigenvalue weighted by Crippen LogP contribution is 2.39. The number of amides is 6. The van der Waals surface area contributed by atoms with Gasteiger partial charge in [-0.05, 0) is 86.3 Å². The summed E-state index contributed by atoms with van der Waals surface area (Å²) in [6, 6.07) is 5.92. The second-order valence-corrected chi connectivity index (χ2v) is 19.4. The molecule has 8 N–H and O–H groups in total. The van der Waals surface area contributed by atoms with Gasteiger partial charge in [0.15, 0.2) is 0 Å². The van der Waals surface area contributed by atoms with Gasteiger partial charge in [-0.2, -0.15) is 23.5 Å². The fraction of sp³-hybridized carbons (Fsp3) is 0.705. The Morgan fingerprint density at radius 3 is 1.78 bits per heavy atom. The summed E-state index contributed by atoms with van der Waals surface area (Å²) >= 11 is 3.84. The van der Waals surface area contributed by atoms with E-state index < -0.39 is 0 Å². The number of ketones is 2. The summed E-state index contributed by atoms with van der Waals surface area (Å²) < 4.78 is 0. The monoisotopic (exact) mass is 869 g/mol. The highest BCUT2D eigenvalue weighted by atomic mass is 32.2. The summed E-state index contributed by atoms with van der Waals surface area (Å²) in [5.41, 5.74) is 7.40. The maximum Gasteiger partial charge on any atom is 0.315 e. The van der Waals surface area contributed by atoms with Crippen LogP contribution < -0.4 is 37.6 Å². The van der Waals surface area contributed by atoms with Crippen LogP contribution in [0.1, 0.15) is 131 Å². The van der Waals surface area contributed by atoms with Crippen LogP contribution in [0.5, 0.6) is 0 Å². The first-order chi connectivity index (χ1) is 29.1. The molecule has 0 aromatic heterocycles. The van der Waals surface area contributed by atoms with Gasteiger partial charge in [-0.25, -0.2) is 4.79 Å². The Kier molecular flexibility index (Phi) is 20.0. The van der Waals surface area contributed by atoms with Crippen LogP contribution in [0.25, 0.3) is 0 Å². The Bertz CT molecular complexity index is 1540. The van der Waals surface area contributed by atoms with Gasteiger partial charge in [0.05, 0.1) is 12.1 Å². The Labute approximate surface area is 363 Å². The number of hydrogen-bond donors (Lipinski definition) is 7. The van der Waals surface area contributed by atoms with E-state index in [1.807, 2.05) is 29.6 Å². The van der Waals surface area contributed by atoms with Crippen molar-refractivity contribution in [3.63, 3.8) is 0 Å². The largest absolute Gasteiger partial charge is 0.356 e. The van der Waals surface area contributed by atoms with E-state index in [0.717, 1.165) is 75.7 Å². The highest BCUT2D eigenvalue weighted by molar-refractivity contribution is 8.00.